The average Bonchev–Trinajstić information content (AvgIpc) is 2.97. The molecule has 122 valence electrons. The summed E-state index contributed by atoms with van der Waals surface area (Å²) in [6.45, 7) is 1.47. The second-order valence-electron chi connectivity index (χ2n) is 5.94. The summed E-state index contributed by atoms with van der Waals surface area (Å²) in [5.41, 5.74) is 4.19. The molecule has 2 N–H and O–H groups in total. The molecule has 2 aromatic rings. The fraction of sp³-hybridized carbons (Fsp3) is 0.200. The van der Waals surface area contributed by atoms with Crippen LogP contribution in [0.2, 0.25) is 0 Å². The normalized spacial score (nSPS) is 16.0. The molecule has 0 saturated heterocycles. The van der Waals surface area contributed by atoms with Gasteiger partial charge >= 0.3 is 0 Å². The monoisotopic (exact) mass is 320 g/mol. The van der Waals surface area contributed by atoms with Crippen molar-refractivity contribution in [2.24, 2.45) is 0 Å². The molecule has 1 atom stereocenters. The van der Waals surface area contributed by atoms with Crippen LogP contribution in [-0.4, -0.2) is 11.8 Å². The Morgan fingerprint density at radius 3 is 2.58 bits per heavy atom. The van der Waals surface area contributed by atoms with Crippen molar-refractivity contribution in [1.29, 1.82) is 0 Å². The summed E-state index contributed by atoms with van der Waals surface area (Å²) in [4.78, 5) is 23.1. The molecule has 1 aliphatic carbocycles. The van der Waals surface area contributed by atoms with Crippen LogP contribution in [0.5, 0.6) is 0 Å². The van der Waals surface area contributed by atoms with E-state index in [4.69, 9.17) is 0 Å². The van der Waals surface area contributed by atoms with Crippen molar-refractivity contribution in [3.05, 3.63) is 71.3 Å². The highest BCUT2D eigenvalue weighted by Crippen LogP contribution is 2.30. The van der Waals surface area contributed by atoms with E-state index in [0.29, 0.717) is 0 Å². The Labute approximate surface area is 141 Å². The van der Waals surface area contributed by atoms with E-state index in [1.54, 1.807) is 12.2 Å². The number of fused-ring (bicyclic) bond motifs is 1. The first-order valence-corrected chi connectivity index (χ1v) is 8.06. The minimum Gasteiger partial charge on any atom is -0.346 e. The molecule has 0 aliphatic heterocycles. The van der Waals surface area contributed by atoms with Crippen LogP contribution in [0, 0.1) is 0 Å². The van der Waals surface area contributed by atoms with E-state index in [1.165, 1.54) is 18.1 Å². The number of hydrogen-bond acceptors (Lipinski definition) is 2. The molecule has 4 nitrogen and oxygen atoms in total. The van der Waals surface area contributed by atoms with Crippen molar-refractivity contribution in [3.8, 4) is 0 Å². The SMILES string of the molecule is CC(=O)Nc1ccc(/C=C/C(=O)NC2CCc3ccccc32)cc1. The fourth-order valence-electron chi connectivity index (χ4n) is 2.98. The third kappa shape index (κ3) is 3.90. The molecule has 4 heteroatoms. The molecule has 0 aromatic heterocycles. The first-order valence-electron chi connectivity index (χ1n) is 8.06. The van der Waals surface area contributed by atoms with Crippen LogP contribution in [0.15, 0.2) is 54.6 Å². The summed E-state index contributed by atoms with van der Waals surface area (Å²) in [7, 11) is 0. The lowest BCUT2D eigenvalue weighted by Crippen LogP contribution is -2.25. The van der Waals surface area contributed by atoms with Crippen molar-refractivity contribution in [2.45, 2.75) is 25.8 Å². The second kappa shape index (κ2) is 7.13. The lowest BCUT2D eigenvalue weighted by atomic mass is 10.1. The van der Waals surface area contributed by atoms with Gasteiger partial charge in [0.25, 0.3) is 0 Å². The van der Waals surface area contributed by atoms with Crippen LogP contribution in [0.1, 0.15) is 36.1 Å². The summed E-state index contributed by atoms with van der Waals surface area (Å²) in [5.74, 6) is -0.197. The Bertz CT molecular complexity index is 778. The molecule has 0 bridgehead atoms. The number of carbonyl (C=O) groups excluding carboxylic acids is 2. The number of nitrogens with one attached hydrogen (secondary N) is 2. The Morgan fingerprint density at radius 1 is 1.08 bits per heavy atom. The zero-order valence-electron chi connectivity index (χ0n) is 13.6. The van der Waals surface area contributed by atoms with Gasteiger partial charge in [-0.1, -0.05) is 36.4 Å². The number of anilines is 1. The number of rotatable bonds is 4. The maximum Gasteiger partial charge on any atom is 0.244 e. The van der Waals surface area contributed by atoms with Crippen molar-refractivity contribution in [3.63, 3.8) is 0 Å². The van der Waals surface area contributed by atoms with Gasteiger partial charge in [0.15, 0.2) is 0 Å². The van der Waals surface area contributed by atoms with E-state index < -0.39 is 0 Å². The molecule has 3 rings (SSSR count). The number of amides is 2. The Balaban J connectivity index is 1.59. The van der Waals surface area contributed by atoms with E-state index in [9.17, 15) is 9.59 Å². The molecule has 0 fully saturated rings. The predicted octanol–water partition coefficient (Wildman–Crippen LogP) is 3.46. The lowest BCUT2D eigenvalue weighted by molar-refractivity contribution is -0.117. The topological polar surface area (TPSA) is 58.2 Å². The van der Waals surface area contributed by atoms with Gasteiger partial charge in [0.1, 0.15) is 0 Å². The van der Waals surface area contributed by atoms with Gasteiger partial charge in [-0.3, -0.25) is 9.59 Å². The zero-order valence-corrected chi connectivity index (χ0v) is 13.6. The molecule has 2 amide bonds. The Kier molecular flexibility index (Phi) is 4.75. The van der Waals surface area contributed by atoms with E-state index in [2.05, 4.69) is 22.8 Å². The Morgan fingerprint density at radius 2 is 1.83 bits per heavy atom. The second-order valence-corrected chi connectivity index (χ2v) is 5.94. The molecule has 1 aliphatic rings. The van der Waals surface area contributed by atoms with Crippen LogP contribution in [0.25, 0.3) is 6.08 Å². The molecular weight excluding hydrogens is 300 g/mol. The Hall–Kier alpha value is -2.88. The highest BCUT2D eigenvalue weighted by Gasteiger charge is 2.22. The van der Waals surface area contributed by atoms with Gasteiger partial charge in [0, 0.05) is 18.7 Å². The summed E-state index contributed by atoms with van der Waals surface area (Å²) in [6.07, 6.45) is 5.28. The molecule has 0 radical (unpaired) electrons. The molecule has 24 heavy (non-hydrogen) atoms. The van der Waals surface area contributed by atoms with Crippen molar-refractivity contribution in [2.75, 3.05) is 5.32 Å². The summed E-state index contributed by atoms with van der Waals surface area (Å²) < 4.78 is 0. The molecule has 1 unspecified atom stereocenters. The van der Waals surface area contributed by atoms with Gasteiger partial charge in [-0.25, -0.2) is 0 Å². The smallest absolute Gasteiger partial charge is 0.244 e. The predicted molar refractivity (Wildman–Crippen MR) is 95.4 cm³/mol. The number of benzene rings is 2. The van der Waals surface area contributed by atoms with Gasteiger partial charge in [0.2, 0.25) is 11.8 Å². The molecule has 0 saturated carbocycles. The maximum absolute atomic E-state index is 12.1. The maximum atomic E-state index is 12.1. The fourth-order valence-corrected chi connectivity index (χ4v) is 2.98. The molecule has 2 aromatic carbocycles. The van der Waals surface area contributed by atoms with Crippen LogP contribution in [-0.2, 0) is 16.0 Å². The lowest BCUT2D eigenvalue weighted by Gasteiger charge is -2.12. The zero-order chi connectivity index (χ0) is 16.9. The van der Waals surface area contributed by atoms with Crippen LogP contribution in [0.3, 0.4) is 0 Å². The van der Waals surface area contributed by atoms with Crippen LogP contribution >= 0.6 is 0 Å². The first kappa shape index (κ1) is 16.0. The van der Waals surface area contributed by atoms with Gasteiger partial charge in [-0.15, -0.1) is 0 Å². The van der Waals surface area contributed by atoms with Gasteiger partial charge in [-0.2, -0.15) is 0 Å². The molecular formula is C20H20N2O2. The van der Waals surface area contributed by atoms with Crippen LogP contribution < -0.4 is 10.6 Å². The number of hydrogen-bond donors (Lipinski definition) is 2. The summed E-state index contributed by atoms with van der Waals surface area (Å²) in [6, 6.07) is 15.7. The van der Waals surface area contributed by atoms with Crippen LogP contribution in [0.4, 0.5) is 5.69 Å². The van der Waals surface area contributed by atoms with Crippen molar-refractivity contribution in [1.82, 2.24) is 5.32 Å². The largest absolute Gasteiger partial charge is 0.346 e. The third-order valence-electron chi connectivity index (χ3n) is 4.11. The quantitative estimate of drug-likeness (QED) is 0.848. The van der Waals surface area contributed by atoms with Gasteiger partial charge in [-0.05, 0) is 47.7 Å². The van der Waals surface area contributed by atoms with Crippen molar-refractivity contribution < 1.29 is 9.59 Å². The van der Waals surface area contributed by atoms with E-state index in [1.807, 2.05) is 36.4 Å². The van der Waals surface area contributed by atoms with E-state index in [0.717, 1.165) is 24.1 Å². The molecule has 0 spiro atoms. The first-order chi connectivity index (χ1) is 11.6. The highest BCUT2D eigenvalue weighted by atomic mass is 16.2. The van der Waals surface area contributed by atoms with E-state index >= 15 is 0 Å². The standard InChI is InChI=1S/C20H20N2O2/c1-14(23)21-17-10-6-15(7-11-17)8-13-20(24)22-19-12-9-16-4-2-3-5-18(16)19/h2-8,10-11,13,19H,9,12H2,1H3,(H,21,23)(H,22,24)/b13-8+. The van der Waals surface area contributed by atoms with Gasteiger partial charge in [0.05, 0.1) is 6.04 Å². The van der Waals surface area contributed by atoms with Crippen molar-refractivity contribution >= 4 is 23.6 Å². The minimum absolute atomic E-state index is 0.0948. The number of aryl methyl sites for hydroxylation is 1. The third-order valence-corrected chi connectivity index (χ3v) is 4.11. The molecule has 0 heterocycles. The average molecular weight is 320 g/mol. The summed E-state index contributed by atoms with van der Waals surface area (Å²) >= 11 is 0. The van der Waals surface area contributed by atoms with Gasteiger partial charge < -0.3 is 10.6 Å². The number of carbonyl (C=O) groups is 2. The summed E-state index contributed by atoms with van der Waals surface area (Å²) in [5, 5.41) is 5.77. The minimum atomic E-state index is -0.102. The highest BCUT2D eigenvalue weighted by molar-refractivity contribution is 5.92. The van der Waals surface area contributed by atoms with E-state index in [-0.39, 0.29) is 17.9 Å².